The second-order valence-corrected chi connectivity index (χ2v) is 7.80. The molecule has 2 N–H and O–H groups in total. The lowest BCUT2D eigenvalue weighted by Crippen LogP contribution is -2.29. The lowest BCUT2D eigenvalue weighted by atomic mass is 9.95. The van der Waals surface area contributed by atoms with Crippen molar-refractivity contribution in [1.82, 2.24) is 0 Å². The molecule has 1 aliphatic heterocycles. The van der Waals surface area contributed by atoms with Gasteiger partial charge in [-0.1, -0.05) is 19.1 Å². The highest BCUT2D eigenvalue weighted by Gasteiger charge is 2.47. The highest BCUT2D eigenvalue weighted by molar-refractivity contribution is 6.51. The van der Waals surface area contributed by atoms with E-state index in [1.807, 2.05) is 13.0 Å². The minimum atomic E-state index is -0.976. The number of aliphatic hydroxyl groups excluding tert-OH is 1. The highest BCUT2D eigenvalue weighted by atomic mass is 16.5. The van der Waals surface area contributed by atoms with Crippen molar-refractivity contribution < 1.29 is 24.5 Å². The molecular formula is C27H22N2O5. The van der Waals surface area contributed by atoms with Gasteiger partial charge in [-0.25, -0.2) is 0 Å². The van der Waals surface area contributed by atoms with E-state index in [0.717, 1.165) is 6.42 Å². The third-order valence-electron chi connectivity index (χ3n) is 5.51. The van der Waals surface area contributed by atoms with Crippen LogP contribution in [0.1, 0.15) is 36.1 Å². The number of amides is 1. The van der Waals surface area contributed by atoms with E-state index >= 15 is 0 Å². The predicted molar refractivity (Wildman–Crippen MR) is 126 cm³/mol. The normalized spacial score (nSPS) is 16.9. The Kier molecular flexibility index (Phi) is 6.33. The fourth-order valence-corrected chi connectivity index (χ4v) is 3.89. The Balaban J connectivity index is 1.85. The minimum absolute atomic E-state index is 0.0413. The molecule has 7 nitrogen and oxygen atoms in total. The number of ether oxygens (including phenoxy) is 1. The molecule has 1 saturated heterocycles. The molecule has 1 unspecified atom stereocenters. The van der Waals surface area contributed by atoms with Gasteiger partial charge >= 0.3 is 0 Å². The Labute approximate surface area is 196 Å². The first kappa shape index (κ1) is 22.6. The number of anilines is 1. The second-order valence-electron chi connectivity index (χ2n) is 7.80. The number of Topliss-reactive ketones (excluding diaryl/α,β-unsaturated/α-hetero) is 1. The van der Waals surface area contributed by atoms with Gasteiger partial charge in [0.25, 0.3) is 11.7 Å². The monoisotopic (exact) mass is 454 g/mol. The number of hydrogen-bond donors (Lipinski definition) is 2. The van der Waals surface area contributed by atoms with Crippen LogP contribution in [-0.2, 0) is 9.59 Å². The summed E-state index contributed by atoms with van der Waals surface area (Å²) in [5.41, 5.74) is 1.50. The average Bonchev–Trinajstić information content (AvgIpc) is 3.13. The van der Waals surface area contributed by atoms with Crippen LogP contribution in [0, 0.1) is 11.3 Å². The maximum absolute atomic E-state index is 13.2. The van der Waals surface area contributed by atoms with Crippen molar-refractivity contribution in [3.8, 4) is 17.6 Å². The fourth-order valence-electron chi connectivity index (χ4n) is 3.89. The van der Waals surface area contributed by atoms with Crippen molar-refractivity contribution >= 4 is 23.1 Å². The Morgan fingerprint density at radius 3 is 2.38 bits per heavy atom. The van der Waals surface area contributed by atoms with Crippen LogP contribution < -0.4 is 9.64 Å². The molecule has 0 aliphatic carbocycles. The van der Waals surface area contributed by atoms with Crippen LogP contribution in [0.4, 0.5) is 5.69 Å². The fraction of sp³-hybridized carbons (Fsp3) is 0.148. The Hall–Kier alpha value is -4.57. The molecule has 4 rings (SSSR count). The van der Waals surface area contributed by atoms with Gasteiger partial charge in [-0.05, 0) is 72.6 Å². The standard InChI is InChI=1S/C27H22N2O5/c1-2-14-34-22-12-8-18(9-13-22)25(31)23-24(19-4-3-5-21(30)15-19)29(27(33)26(23)32)20-10-6-17(16-28)7-11-20/h3-13,15,24,30-31H,2,14H2,1H3/b25-23-. The Morgan fingerprint density at radius 2 is 1.76 bits per heavy atom. The van der Waals surface area contributed by atoms with Gasteiger partial charge in [0.1, 0.15) is 17.3 Å². The Bertz CT molecular complexity index is 1300. The molecule has 0 saturated carbocycles. The zero-order valence-corrected chi connectivity index (χ0v) is 18.4. The first-order chi connectivity index (χ1) is 16.4. The van der Waals surface area contributed by atoms with E-state index in [1.165, 1.54) is 17.0 Å². The van der Waals surface area contributed by atoms with Crippen molar-refractivity contribution in [2.75, 3.05) is 11.5 Å². The minimum Gasteiger partial charge on any atom is -0.508 e. The van der Waals surface area contributed by atoms with E-state index in [9.17, 15) is 19.8 Å². The molecule has 0 spiro atoms. The first-order valence-corrected chi connectivity index (χ1v) is 10.8. The van der Waals surface area contributed by atoms with E-state index in [4.69, 9.17) is 10.00 Å². The summed E-state index contributed by atoms with van der Waals surface area (Å²) in [7, 11) is 0. The molecule has 1 heterocycles. The number of ketones is 1. The predicted octanol–water partition coefficient (Wildman–Crippen LogP) is 4.68. The number of hydrogen-bond acceptors (Lipinski definition) is 6. The van der Waals surface area contributed by atoms with Gasteiger partial charge in [-0.3, -0.25) is 14.5 Å². The van der Waals surface area contributed by atoms with Crippen LogP contribution in [0.5, 0.6) is 11.5 Å². The average molecular weight is 454 g/mol. The van der Waals surface area contributed by atoms with Gasteiger partial charge in [0, 0.05) is 11.3 Å². The van der Waals surface area contributed by atoms with E-state index in [1.54, 1.807) is 60.7 Å². The number of aliphatic hydroxyl groups is 1. The van der Waals surface area contributed by atoms with Crippen molar-refractivity contribution in [3.05, 3.63) is 95.1 Å². The molecule has 0 bridgehead atoms. The molecule has 170 valence electrons. The molecule has 7 heteroatoms. The summed E-state index contributed by atoms with van der Waals surface area (Å²) >= 11 is 0. The smallest absolute Gasteiger partial charge is 0.300 e. The Morgan fingerprint density at radius 1 is 1.06 bits per heavy atom. The van der Waals surface area contributed by atoms with E-state index < -0.39 is 17.7 Å². The number of nitriles is 1. The molecule has 1 amide bonds. The molecule has 0 aromatic heterocycles. The zero-order valence-electron chi connectivity index (χ0n) is 18.4. The van der Waals surface area contributed by atoms with Gasteiger partial charge in [0.05, 0.1) is 29.9 Å². The van der Waals surface area contributed by atoms with Gasteiger partial charge in [-0.15, -0.1) is 0 Å². The summed E-state index contributed by atoms with van der Waals surface area (Å²) < 4.78 is 5.57. The van der Waals surface area contributed by atoms with E-state index in [2.05, 4.69) is 0 Å². The van der Waals surface area contributed by atoms with Crippen molar-refractivity contribution in [1.29, 1.82) is 5.26 Å². The lowest BCUT2D eigenvalue weighted by molar-refractivity contribution is -0.132. The number of aromatic hydroxyl groups is 1. The number of rotatable bonds is 6. The van der Waals surface area contributed by atoms with Crippen LogP contribution in [-0.4, -0.2) is 28.5 Å². The SMILES string of the molecule is CCCOc1ccc(/C(O)=C2/C(=O)C(=O)N(c3ccc(C#N)cc3)C2c2cccc(O)c2)cc1. The summed E-state index contributed by atoms with van der Waals surface area (Å²) in [5.74, 6) is -1.41. The maximum atomic E-state index is 13.2. The van der Waals surface area contributed by atoms with Crippen LogP contribution in [0.15, 0.2) is 78.4 Å². The van der Waals surface area contributed by atoms with Crippen LogP contribution in [0.2, 0.25) is 0 Å². The topological polar surface area (TPSA) is 111 Å². The summed E-state index contributed by atoms with van der Waals surface area (Å²) in [6.07, 6.45) is 0.852. The largest absolute Gasteiger partial charge is 0.508 e. The first-order valence-electron chi connectivity index (χ1n) is 10.8. The molecule has 3 aromatic carbocycles. The summed E-state index contributed by atoms with van der Waals surface area (Å²) in [5, 5.41) is 30.3. The van der Waals surface area contributed by atoms with Crippen molar-refractivity contribution in [3.63, 3.8) is 0 Å². The second kappa shape index (κ2) is 9.51. The van der Waals surface area contributed by atoms with Gasteiger partial charge in [0.2, 0.25) is 0 Å². The van der Waals surface area contributed by atoms with E-state index in [-0.39, 0.29) is 17.1 Å². The number of benzene rings is 3. The third kappa shape index (κ3) is 4.21. The maximum Gasteiger partial charge on any atom is 0.300 e. The molecule has 3 aromatic rings. The van der Waals surface area contributed by atoms with Crippen molar-refractivity contribution in [2.45, 2.75) is 19.4 Å². The zero-order chi connectivity index (χ0) is 24.2. The molecule has 1 atom stereocenters. The summed E-state index contributed by atoms with van der Waals surface area (Å²) in [6.45, 7) is 2.55. The summed E-state index contributed by atoms with van der Waals surface area (Å²) in [6, 6.07) is 20.1. The number of phenolic OH excluding ortho intramolecular Hbond substituents is 1. The number of carbonyl (C=O) groups is 2. The van der Waals surface area contributed by atoms with Gasteiger partial charge in [-0.2, -0.15) is 5.26 Å². The van der Waals surface area contributed by atoms with Crippen LogP contribution in [0.3, 0.4) is 0 Å². The summed E-state index contributed by atoms with van der Waals surface area (Å²) in [4.78, 5) is 27.6. The van der Waals surface area contributed by atoms with Crippen LogP contribution in [0.25, 0.3) is 5.76 Å². The molecule has 34 heavy (non-hydrogen) atoms. The molecule has 1 aliphatic rings. The highest BCUT2D eigenvalue weighted by Crippen LogP contribution is 2.42. The lowest BCUT2D eigenvalue weighted by Gasteiger charge is -2.25. The van der Waals surface area contributed by atoms with E-state index in [0.29, 0.717) is 34.7 Å². The van der Waals surface area contributed by atoms with Crippen molar-refractivity contribution in [2.24, 2.45) is 0 Å². The van der Waals surface area contributed by atoms with Gasteiger partial charge in [0.15, 0.2) is 0 Å². The molecule has 1 fully saturated rings. The molecular weight excluding hydrogens is 432 g/mol. The van der Waals surface area contributed by atoms with Gasteiger partial charge < -0.3 is 14.9 Å². The van der Waals surface area contributed by atoms with Crippen LogP contribution >= 0.6 is 0 Å². The number of carbonyl (C=O) groups excluding carboxylic acids is 2. The molecule has 0 radical (unpaired) electrons. The quantitative estimate of drug-likeness (QED) is 0.318. The third-order valence-corrected chi connectivity index (χ3v) is 5.51. The number of nitrogens with zero attached hydrogens (tertiary/aromatic N) is 2. The number of phenols is 1.